The van der Waals surface area contributed by atoms with Gasteiger partial charge in [0.05, 0.1) is 12.7 Å². The Hall–Kier alpha value is -1.59. The smallest absolute Gasteiger partial charge is 0.254 e. The third-order valence-corrected chi connectivity index (χ3v) is 3.32. The van der Waals surface area contributed by atoms with E-state index in [0.29, 0.717) is 31.8 Å². The van der Waals surface area contributed by atoms with Crippen LogP contribution in [0.15, 0.2) is 24.3 Å². The Bertz CT molecular complexity index is 431. The molecule has 0 spiro atoms. The fraction of sp³-hybridized carbons (Fsp3) is 0.500. The molecule has 0 aliphatic carbocycles. The normalized spacial score (nSPS) is 19.3. The second-order valence-corrected chi connectivity index (χ2v) is 4.92. The van der Waals surface area contributed by atoms with Gasteiger partial charge >= 0.3 is 0 Å². The van der Waals surface area contributed by atoms with Crippen LogP contribution in [0.25, 0.3) is 0 Å². The maximum absolute atomic E-state index is 12.4. The van der Waals surface area contributed by atoms with Crippen LogP contribution >= 0.6 is 0 Å². The van der Waals surface area contributed by atoms with E-state index in [1.807, 2.05) is 48.2 Å². The molecule has 0 bridgehead atoms. The summed E-state index contributed by atoms with van der Waals surface area (Å²) in [4.78, 5) is 16.2. The van der Waals surface area contributed by atoms with Crippen LogP contribution in [0.1, 0.15) is 10.4 Å². The Labute approximate surface area is 113 Å². The van der Waals surface area contributed by atoms with Gasteiger partial charge in [-0.2, -0.15) is 0 Å². The van der Waals surface area contributed by atoms with Crippen LogP contribution in [0.4, 0.5) is 5.69 Å². The van der Waals surface area contributed by atoms with Gasteiger partial charge in [-0.05, 0) is 24.3 Å². The van der Waals surface area contributed by atoms with Crippen LogP contribution in [0, 0.1) is 0 Å². The Morgan fingerprint density at radius 2 is 2.11 bits per heavy atom. The molecule has 2 N–H and O–H groups in total. The number of anilines is 1. The molecule has 1 unspecified atom stereocenters. The van der Waals surface area contributed by atoms with Gasteiger partial charge in [-0.1, -0.05) is 0 Å². The van der Waals surface area contributed by atoms with Gasteiger partial charge in [-0.25, -0.2) is 0 Å². The number of hydrogen-bond acceptors (Lipinski definition) is 4. The predicted molar refractivity (Wildman–Crippen MR) is 75.5 cm³/mol. The molecule has 1 atom stereocenters. The van der Waals surface area contributed by atoms with E-state index in [2.05, 4.69) is 0 Å². The maximum Gasteiger partial charge on any atom is 0.254 e. The molecule has 1 saturated heterocycles. The van der Waals surface area contributed by atoms with Gasteiger partial charge in [0.15, 0.2) is 0 Å². The lowest BCUT2D eigenvalue weighted by atomic mass is 10.1. The molecule has 5 nitrogen and oxygen atoms in total. The van der Waals surface area contributed by atoms with Gasteiger partial charge in [0.2, 0.25) is 0 Å². The van der Waals surface area contributed by atoms with Crippen molar-refractivity contribution in [2.75, 3.05) is 45.2 Å². The standard InChI is InChI=1S/C14H21N3O2/c1-16(2)12-5-3-11(4-6-12)14(18)17-7-8-19-13(9-15)10-17/h3-6,13H,7-10,15H2,1-2H3. The third kappa shape index (κ3) is 3.24. The second kappa shape index (κ2) is 6.04. The van der Waals surface area contributed by atoms with E-state index in [9.17, 15) is 4.79 Å². The van der Waals surface area contributed by atoms with Crippen LogP contribution in [0.3, 0.4) is 0 Å². The minimum Gasteiger partial charge on any atom is -0.378 e. The number of benzene rings is 1. The summed E-state index contributed by atoms with van der Waals surface area (Å²) in [5.74, 6) is 0.0482. The van der Waals surface area contributed by atoms with E-state index >= 15 is 0 Å². The number of rotatable bonds is 3. The van der Waals surface area contributed by atoms with Crippen molar-refractivity contribution in [1.29, 1.82) is 0 Å². The average Bonchev–Trinajstić information content (AvgIpc) is 2.46. The van der Waals surface area contributed by atoms with Gasteiger partial charge in [-0.15, -0.1) is 0 Å². The number of carbonyl (C=O) groups excluding carboxylic acids is 1. The molecule has 1 aliphatic heterocycles. The van der Waals surface area contributed by atoms with E-state index in [1.165, 1.54) is 0 Å². The number of morpholine rings is 1. The molecular weight excluding hydrogens is 242 g/mol. The summed E-state index contributed by atoms with van der Waals surface area (Å²) in [5.41, 5.74) is 7.38. The molecule has 1 aliphatic rings. The van der Waals surface area contributed by atoms with E-state index < -0.39 is 0 Å². The number of ether oxygens (including phenoxy) is 1. The first-order valence-electron chi connectivity index (χ1n) is 6.50. The third-order valence-electron chi connectivity index (χ3n) is 3.32. The van der Waals surface area contributed by atoms with E-state index in [4.69, 9.17) is 10.5 Å². The summed E-state index contributed by atoms with van der Waals surface area (Å²) in [6.07, 6.45) is -0.0428. The van der Waals surface area contributed by atoms with Gasteiger partial charge in [-0.3, -0.25) is 4.79 Å². The van der Waals surface area contributed by atoms with E-state index in [0.717, 1.165) is 5.69 Å². The Morgan fingerprint density at radius 1 is 1.42 bits per heavy atom. The van der Waals surface area contributed by atoms with Crippen LogP contribution in [-0.2, 0) is 4.74 Å². The molecule has 0 saturated carbocycles. The van der Waals surface area contributed by atoms with Gasteiger partial charge in [0.1, 0.15) is 0 Å². The molecule has 0 radical (unpaired) electrons. The highest BCUT2D eigenvalue weighted by atomic mass is 16.5. The first-order chi connectivity index (χ1) is 9.11. The summed E-state index contributed by atoms with van der Waals surface area (Å²) >= 11 is 0. The van der Waals surface area contributed by atoms with E-state index in [-0.39, 0.29) is 12.0 Å². The molecule has 1 amide bonds. The number of nitrogens with two attached hydrogens (primary N) is 1. The highest BCUT2D eigenvalue weighted by Crippen LogP contribution is 2.15. The molecule has 0 aromatic heterocycles. The quantitative estimate of drug-likeness (QED) is 0.865. The van der Waals surface area contributed by atoms with Crippen LogP contribution in [0.5, 0.6) is 0 Å². The van der Waals surface area contributed by atoms with Crippen molar-refractivity contribution in [2.24, 2.45) is 5.73 Å². The van der Waals surface area contributed by atoms with Crippen molar-refractivity contribution in [2.45, 2.75) is 6.10 Å². The highest BCUT2D eigenvalue weighted by Gasteiger charge is 2.24. The minimum atomic E-state index is -0.0428. The Kier molecular flexibility index (Phi) is 4.39. The minimum absolute atomic E-state index is 0.0428. The zero-order valence-corrected chi connectivity index (χ0v) is 11.5. The monoisotopic (exact) mass is 263 g/mol. The molecule has 1 aromatic carbocycles. The lowest BCUT2D eigenvalue weighted by Gasteiger charge is -2.32. The van der Waals surface area contributed by atoms with Crippen LogP contribution in [-0.4, -0.2) is 57.2 Å². The van der Waals surface area contributed by atoms with Crippen molar-refractivity contribution < 1.29 is 9.53 Å². The molecule has 104 valence electrons. The summed E-state index contributed by atoms with van der Waals surface area (Å²) in [7, 11) is 3.95. The first kappa shape index (κ1) is 13.8. The van der Waals surface area contributed by atoms with E-state index in [1.54, 1.807) is 0 Å². The van der Waals surface area contributed by atoms with Crippen molar-refractivity contribution in [3.05, 3.63) is 29.8 Å². The SMILES string of the molecule is CN(C)c1ccc(C(=O)N2CCOC(CN)C2)cc1. The molecule has 1 aromatic rings. The molecule has 5 heteroatoms. The maximum atomic E-state index is 12.4. The summed E-state index contributed by atoms with van der Waals surface area (Å²) in [6, 6.07) is 7.64. The lowest BCUT2D eigenvalue weighted by Crippen LogP contribution is -2.48. The zero-order valence-electron chi connectivity index (χ0n) is 11.5. The summed E-state index contributed by atoms with van der Waals surface area (Å²) in [6.45, 7) is 2.21. The van der Waals surface area contributed by atoms with Crippen molar-refractivity contribution in [3.63, 3.8) is 0 Å². The van der Waals surface area contributed by atoms with Gasteiger partial charge in [0, 0.05) is 45.0 Å². The summed E-state index contributed by atoms with van der Waals surface area (Å²) in [5, 5.41) is 0. The molecule has 2 rings (SSSR count). The summed E-state index contributed by atoms with van der Waals surface area (Å²) < 4.78 is 5.47. The largest absolute Gasteiger partial charge is 0.378 e. The van der Waals surface area contributed by atoms with Crippen molar-refractivity contribution in [1.82, 2.24) is 4.90 Å². The molecule has 1 heterocycles. The Balaban J connectivity index is 2.06. The number of hydrogen-bond donors (Lipinski definition) is 1. The lowest BCUT2D eigenvalue weighted by molar-refractivity contribution is -0.0167. The van der Waals surface area contributed by atoms with Crippen molar-refractivity contribution in [3.8, 4) is 0 Å². The first-order valence-corrected chi connectivity index (χ1v) is 6.50. The number of amides is 1. The predicted octanol–water partition coefficient (Wildman–Crippen LogP) is 0.552. The zero-order chi connectivity index (χ0) is 13.8. The highest BCUT2D eigenvalue weighted by molar-refractivity contribution is 5.94. The van der Waals surface area contributed by atoms with Crippen LogP contribution < -0.4 is 10.6 Å². The Morgan fingerprint density at radius 3 is 2.68 bits per heavy atom. The van der Waals surface area contributed by atoms with Crippen molar-refractivity contribution >= 4 is 11.6 Å². The fourth-order valence-corrected chi connectivity index (χ4v) is 2.13. The average molecular weight is 263 g/mol. The van der Waals surface area contributed by atoms with Gasteiger partial charge in [0.25, 0.3) is 5.91 Å². The molecule has 1 fully saturated rings. The van der Waals surface area contributed by atoms with Crippen LogP contribution in [0.2, 0.25) is 0 Å². The molecular formula is C14H21N3O2. The number of nitrogens with zero attached hydrogens (tertiary/aromatic N) is 2. The number of carbonyl (C=O) groups is 1. The van der Waals surface area contributed by atoms with Gasteiger partial charge < -0.3 is 20.3 Å². The topological polar surface area (TPSA) is 58.8 Å². The molecule has 19 heavy (non-hydrogen) atoms. The fourth-order valence-electron chi connectivity index (χ4n) is 2.13. The second-order valence-electron chi connectivity index (χ2n) is 4.92.